The van der Waals surface area contributed by atoms with Crippen LogP contribution in [0, 0.1) is 6.92 Å². The van der Waals surface area contributed by atoms with Gasteiger partial charge in [0.25, 0.3) is 0 Å². The van der Waals surface area contributed by atoms with Crippen molar-refractivity contribution < 1.29 is 14.6 Å². The summed E-state index contributed by atoms with van der Waals surface area (Å²) in [6, 6.07) is 8.00. The molecule has 0 saturated carbocycles. The molecule has 0 aliphatic carbocycles. The zero-order valence-corrected chi connectivity index (χ0v) is 11.6. The fourth-order valence-corrected chi connectivity index (χ4v) is 1.69. The van der Waals surface area contributed by atoms with Gasteiger partial charge in [0.15, 0.2) is 6.10 Å². The number of ether oxygens (including phenoxy) is 1. The number of carboxylic acids is 1. The lowest BCUT2D eigenvalue weighted by molar-refractivity contribution is -0.151. The highest BCUT2D eigenvalue weighted by Gasteiger charge is 2.18. The quantitative estimate of drug-likeness (QED) is 0.755. The van der Waals surface area contributed by atoms with Crippen molar-refractivity contribution in [1.29, 1.82) is 0 Å². The van der Waals surface area contributed by atoms with Crippen LogP contribution in [0.2, 0.25) is 0 Å². The lowest BCUT2D eigenvalue weighted by Gasteiger charge is -2.16. The molecule has 1 aromatic carbocycles. The van der Waals surface area contributed by atoms with Crippen LogP contribution < -0.4 is 5.73 Å². The monoisotopic (exact) mass is 265 g/mol. The molecule has 1 aromatic rings. The summed E-state index contributed by atoms with van der Waals surface area (Å²) in [6.45, 7) is 4.27. The molecule has 0 heterocycles. The normalized spacial score (nSPS) is 14.1. The third-order valence-corrected chi connectivity index (χ3v) is 3.13. The van der Waals surface area contributed by atoms with Crippen molar-refractivity contribution in [2.24, 2.45) is 5.73 Å². The zero-order valence-electron chi connectivity index (χ0n) is 11.6. The molecule has 106 valence electrons. The number of hydrogen-bond donors (Lipinski definition) is 2. The molecule has 0 aliphatic rings. The van der Waals surface area contributed by atoms with E-state index < -0.39 is 12.1 Å². The van der Waals surface area contributed by atoms with Crippen molar-refractivity contribution in [3.05, 3.63) is 35.4 Å². The Bertz CT molecular complexity index is 389. The summed E-state index contributed by atoms with van der Waals surface area (Å²) >= 11 is 0. The van der Waals surface area contributed by atoms with Crippen molar-refractivity contribution in [2.75, 3.05) is 6.61 Å². The van der Waals surface area contributed by atoms with E-state index in [-0.39, 0.29) is 6.04 Å². The summed E-state index contributed by atoms with van der Waals surface area (Å²) < 4.78 is 5.38. The summed E-state index contributed by atoms with van der Waals surface area (Å²) in [5, 5.41) is 9.12. The average molecular weight is 265 g/mol. The first-order chi connectivity index (χ1) is 9.02. The summed E-state index contributed by atoms with van der Waals surface area (Å²) in [5.74, 6) is -0.921. The van der Waals surface area contributed by atoms with E-state index in [1.807, 2.05) is 38.1 Å². The van der Waals surface area contributed by atoms with E-state index >= 15 is 0 Å². The molecule has 0 aliphatic heterocycles. The number of aryl methyl sites for hydroxylation is 2. The van der Waals surface area contributed by atoms with Crippen molar-refractivity contribution in [1.82, 2.24) is 0 Å². The number of hydrogen-bond acceptors (Lipinski definition) is 3. The summed E-state index contributed by atoms with van der Waals surface area (Å²) in [6.07, 6.45) is 1.16. The van der Waals surface area contributed by atoms with E-state index in [2.05, 4.69) is 0 Å². The van der Waals surface area contributed by atoms with E-state index in [4.69, 9.17) is 15.6 Å². The fourth-order valence-electron chi connectivity index (χ4n) is 1.69. The van der Waals surface area contributed by atoms with Gasteiger partial charge in [-0.05, 0) is 31.7 Å². The first kappa shape index (κ1) is 15.7. The van der Waals surface area contributed by atoms with Gasteiger partial charge in [-0.3, -0.25) is 0 Å². The Morgan fingerprint density at radius 2 is 2.00 bits per heavy atom. The van der Waals surface area contributed by atoms with Gasteiger partial charge in [-0.2, -0.15) is 0 Å². The van der Waals surface area contributed by atoms with Crippen LogP contribution in [0.25, 0.3) is 0 Å². The molecular formula is C15H23NO3. The van der Waals surface area contributed by atoms with Crippen LogP contribution in [-0.4, -0.2) is 29.8 Å². The molecule has 4 heteroatoms. The van der Waals surface area contributed by atoms with Gasteiger partial charge in [-0.25, -0.2) is 4.79 Å². The predicted molar refractivity (Wildman–Crippen MR) is 75.1 cm³/mol. The highest BCUT2D eigenvalue weighted by Crippen LogP contribution is 2.10. The molecule has 3 N–H and O–H groups in total. The van der Waals surface area contributed by atoms with Gasteiger partial charge in [-0.1, -0.05) is 36.8 Å². The van der Waals surface area contributed by atoms with Gasteiger partial charge < -0.3 is 15.6 Å². The minimum absolute atomic E-state index is 0.0961. The van der Waals surface area contributed by atoms with E-state index in [9.17, 15) is 4.79 Å². The molecule has 0 bridgehead atoms. The third kappa shape index (κ3) is 5.85. The second kappa shape index (κ2) is 7.92. The van der Waals surface area contributed by atoms with Gasteiger partial charge in [0.05, 0.1) is 6.61 Å². The molecule has 1 rings (SSSR count). The molecule has 2 unspecified atom stereocenters. The van der Waals surface area contributed by atoms with E-state index in [1.54, 1.807) is 0 Å². The Kier molecular flexibility index (Phi) is 6.53. The summed E-state index contributed by atoms with van der Waals surface area (Å²) in [7, 11) is 0. The molecule has 0 fully saturated rings. The van der Waals surface area contributed by atoms with Crippen molar-refractivity contribution in [2.45, 2.75) is 45.3 Å². The Morgan fingerprint density at radius 1 is 1.37 bits per heavy atom. The van der Waals surface area contributed by atoms with Gasteiger partial charge in [0.1, 0.15) is 0 Å². The maximum Gasteiger partial charge on any atom is 0.332 e. The summed E-state index contributed by atoms with van der Waals surface area (Å²) in [5.41, 5.74) is 8.05. The fraction of sp³-hybridized carbons (Fsp3) is 0.533. The number of aliphatic carboxylic acids is 1. The number of nitrogens with two attached hydrogens (primary N) is 1. The maximum atomic E-state index is 11.1. The first-order valence-electron chi connectivity index (χ1n) is 6.68. The molecule has 0 radical (unpaired) electrons. The average Bonchev–Trinajstić information content (AvgIpc) is 2.39. The lowest BCUT2D eigenvalue weighted by Crippen LogP contribution is -2.32. The minimum atomic E-state index is -0.921. The van der Waals surface area contributed by atoms with Gasteiger partial charge in [0, 0.05) is 6.04 Å². The lowest BCUT2D eigenvalue weighted by atomic mass is 10.1. The molecule has 0 saturated heterocycles. The number of benzene rings is 1. The molecule has 0 amide bonds. The minimum Gasteiger partial charge on any atom is -0.479 e. The van der Waals surface area contributed by atoms with Crippen LogP contribution >= 0.6 is 0 Å². The number of carboxylic acid groups (broad SMARTS) is 1. The molecule has 0 aromatic heterocycles. The Hall–Kier alpha value is -1.39. The number of rotatable bonds is 8. The Labute approximate surface area is 114 Å². The van der Waals surface area contributed by atoms with Crippen molar-refractivity contribution in [3.63, 3.8) is 0 Å². The Balaban J connectivity index is 2.45. The van der Waals surface area contributed by atoms with E-state index in [0.29, 0.717) is 19.4 Å². The zero-order chi connectivity index (χ0) is 14.3. The molecule has 0 spiro atoms. The molecule has 2 atom stereocenters. The number of carbonyl (C=O) groups is 1. The van der Waals surface area contributed by atoms with Gasteiger partial charge in [0.2, 0.25) is 0 Å². The maximum absolute atomic E-state index is 11.1. The second-order valence-corrected chi connectivity index (χ2v) is 4.85. The highest BCUT2D eigenvalue weighted by atomic mass is 16.5. The van der Waals surface area contributed by atoms with E-state index in [0.717, 1.165) is 12.0 Å². The third-order valence-electron chi connectivity index (χ3n) is 3.13. The standard InChI is InChI=1S/C15H23NO3/c1-3-13(16)10-19-14(15(17)18)9-8-12-6-4-11(2)5-7-12/h4-7,13-14H,3,8-10,16H2,1-2H3,(H,17,18). The Morgan fingerprint density at radius 3 is 2.53 bits per heavy atom. The topological polar surface area (TPSA) is 72.5 Å². The summed E-state index contributed by atoms with van der Waals surface area (Å²) in [4.78, 5) is 11.1. The largest absolute Gasteiger partial charge is 0.479 e. The van der Waals surface area contributed by atoms with Gasteiger partial charge >= 0.3 is 5.97 Å². The SMILES string of the molecule is CCC(N)COC(CCc1ccc(C)cc1)C(=O)O. The van der Waals surface area contributed by atoms with E-state index in [1.165, 1.54) is 5.56 Å². The van der Waals surface area contributed by atoms with Crippen LogP contribution in [-0.2, 0) is 16.0 Å². The first-order valence-corrected chi connectivity index (χ1v) is 6.68. The van der Waals surface area contributed by atoms with Crippen LogP contribution in [0.15, 0.2) is 24.3 Å². The van der Waals surface area contributed by atoms with Crippen molar-refractivity contribution >= 4 is 5.97 Å². The van der Waals surface area contributed by atoms with Crippen molar-refractivity contribution in [3.8, 4) is 0 Å². The smallest absolute Gasteiger partial charge is 0.332 e. The molecular weight excluding hydrogens is 242 g/mol. The van der Waals surface area contributed by atoms with Crippen LogP contribution in [0.3, 0.4) is 0 Å². The predicted octanol–water partition coefficient (Wildman–Crippen LogP) is 2.13. The van der Waals surface area contributed by atoms with Crippen LogP contribution in [0.1, 0.15) is 30.9 Å². The molecule has 19 heavy (non-hydrogen) atoms. The van der Waals surface area contributed by atoms with Crippen LogP contribution in [0.4, 0.5) is 0 Å². The highest BCUT2D eigenvalue weighted by molar-refractivity contribution is 5.72. The molecule has 4 nitrogen and oxygen atoms in total. The van der Waals surface area contributed by atoms with Crippen LogP contribution in [0.5, 0.6) is 0 Å². The van der Waals surface area contributed by atoms with Gasteiger partial charge in [-0.15, -0.1) is 0 Å². The second-order valence-electron chi connectivity index (χ2n) is 4.85.